The average molecular weight is 214 g/mol. The van der Waals surface area contributed by atoms with Gasteiger partial charge in [-0.3, -0.25) is 0 Å². The van der Waals surface area contributed by atoms with Gasteiger partial charge in [0.05, 0.1) is 5.69 Å². The predicted octanol–water partition coefficient (Wildman–Crippen LogP) is 1.38. The largest absolute Gasteiger partial charge is 0.397 e. The van der Waals surface area contributed by atoms with E-state index in [1.54, 1.807) is 0 Å². The number of nitrogens with zero attached hydrogens (tertiary/aromatic N) is 3. The number of nitrogens with two attached hydrogens (primary N) is 1. The van der Waals surface area contributed by atoms with Gasteiger partial charge >= 0.3 is 5.82 Å². The molecule has 78 valence electrons. The van der Waals surface area contributed by atoms with Crippen LogP contribution in [0.4, 0.5) is 20.3 Å². The molecule has 1 aromatic heterocycles. The zero-order valence-corrected chi connectivity index (χ0v) is 7.15. The Hall–Kier alpha value is -2.30. The lowest BCUT2D eigenvalue weighted by atomic mass is 10.1. The summed E-state index contributed by atoms with van der Waals surface area (Å²) in [6.45, 7) is 0. The van der Waals surface area contributed by atoms with Gasteiger partial charge < -0.3 is 15.8 Å². The van der Waals surface area contributed by atoms with Crippen LogP contribution < -0.4 is 5.73 Å². The number of anilines is 1. The fourth-order valence-corrected chi connectivity index (χ4v) is 0.980. The molecule has 0 aliphatic carbocycles. The molecule has 0 radical (unpaired) electrons. The highest BCUT2D eigenvalue weighted by Crippen LogP contribution is 2.33. The summed E-state index contributed by atoms with van der Waals surface area (Å²) in [4.78, 5) is 12.4. The summed E-state index contributed by atoms with van der Waals surface area (Å²) >= 11 is 0. The molecule has 2 N–H and O–H groups in total. The lowest BCUT2D eigenvalue weighted by Crippen LogP contribution is -2.05. The Bertz CT molecular complexity index is 455. The Morgan fingerprint density at radius 3 is 2.67 bits per heavy atom. The van der Waals surface area contributed by atoms with Crippen molar-refractivity contribution in [3.8, 4) is 6.07 Å². The molecule has 15 heavy (non-hydrogen) atoms. The molecular weight excluding hydrogens is 210 g/mol. The minimum atomic E-state index is -3.15. The van der Waals surface area contributed by atoms with Gasteiger partial charge in [-0.2, -0.15) is 5.26 Å². The molecule has 0 spiro atoms. The van der Waals surface area contributed by atoms with E-state index in [0.29, 0.717) is 0 Å². The summed E-state index contributed by atoms with van der Waals surface area (Å²) in [5.41, 5.74) is 3.26. The first-order valence-corrected chi connectivity index (χ1v) is 3.60. The maximum atomic E-state index is 12.4. The summed E-state index contributed by atoms with van der Waals surface area (Å²) in [6.07, 6.45) is -2.36. The molecular formula is C7H4F2N4O2. The topological polar surface area (TPSA) is 106 Å². The molecule has 8 heteroatoms. The molecule has 0 aliphatic heterocycles. The highest BCUT2D eigenvalue weighted by molar-refractivity contribution is 5.63. The summed E-state index contributed by atoms with van der Waals surface area (Å²) in [5.74, 6) is -1.03. The van der Waals surface area contributed by atoms with Crippen LogP contribution in [-0.2, 0) is 0 Å². The summed E-state index contributed by atoms with van der Waals surface area (Å²) in [6, 6.07) is 1.51. The monoisotopic (exact) mass is 214 g/mol. The van der Waals surface area contributed by atoms with E-state index in [-0.39, 0.29) is 5.56 Å². The number of nitrogen functional groups attached to an aromatic ring is 1. The molecule has 0 bridgehead atoms. The number of halogens is 2. The molecule has 6 nitrogen and oxygen atoms in total. The highest BCUT2D eigenvalue weighted by Gasteiger charge is 2.28. The lowest BCUT2D eigenvalue weighted by molar-refractivity contribution is -0.390. The first-order valence-electron chi connectivity index (χ1n) is 3.60. The van der Waals surface area contributed by atoms with Crippen LogP contribution >= 0.6 is 0 Å². The standard InChI is InChI=1S/C7H4F2N4O2/c8-6(9)4-5(11)3(1-10)2-12-7(4)13(14)15/h2,6H,(H2,11,12). The Balaban J connectivity index is 3.53. The highest BCUT2D eigenvalue weighted by atomic mass is 19.3. The fraction of sp³-hybridized carbons (Fsp3) is 0.143. The van der Waals surface area contributed by atoms with Crippen LogP contribution in [0.3, 0.4) is 0 Å². The molecule has 0 aliphatic rings. The van der Waals surface area contributed by atoms with Gasteiger partial charge in [0.25, 0.3) is 6.43 Å². The smallest absolute Gasteiger partial charge is 0.374 e. The fourth-order valence-electron chi connectivity index (χ4n) is 0.980. The van der Waals surface area contributed by atoms with Gasteiger partial charge in [-0.15, -0.1) is 0 Å². The Morgan fingerprint density at radius 1 is 1.67 bits per heavy atom. The Kier molecular flexibility index (Phi) is 2.75. The van der Waals surface area contributed by atoms with Crippen LogP contribution in [0.1, 0.15) is 17.6 Å². The molecule has 1 aromatic rings. The van der Waals surface area contributed by atoms with Crippen molar-refractivity contribution in [3.05, 3.63) is 27.4 Å². The Morgan fingerprint density at radius 2 is 2.27 bits per heavy atom. The third kappa shape index (κ3) is 1.80. The third-order valence-electron chi connectivity index (χ3n) is 1.65. The van der Waals surface area contributed by atoms with E-state index >= 15 is 0 Å². The van der Waals surface area contributed by atoms with Crippen LogP contribution in [0.15, 0.2) is 6.20 Å². The minimum Gasteiger partial charge on any atom is -0.397 e. The number of nitriles is 1. The van der Waals surface area contributed by atoms with Gasteiger partial charge in [0.1, 0.15) is 17.2 Å². The minimum absolute atomic E-state index is 0.309. The number of aromatic nitrogens is 1. The van der Waals surface area contributed by atoms with Crippen LogP contribution in [-0.4, -0.2) is 9.91 Å². The van der Waals surface area contributed by atoms with E-state index < -0.39 is 28.4 Å². The predicted molar refractivity (Wildman–Crippen MR) is 45.0 cm³/mol. The van der Waals surface area contributed by atoms with Gasteiger partial charge in [0.2, 0.25) is 0 Å². The van der Waals surface area contributed by atoms with Gasteiger partial charge in [-0.25, -0.2) is 8.78 Å². The average Bonchev–Trinajstić information content (AvgIpc) is 2.16. The third-order valence-corrected chi connectivity index (χ3v) is 1.65. The summed E-state index contributed by atoms with van der Waals surface area (Å²) in [5, 5.41) is 18.8. The quantitative estimate of drug-likeness (QED) is 0.591. The molecule has 0 amide bonds. The number of alkyl halides is 2. The zero-order chi connectivity index (χ0) is 11.6. The number of hydrogen-bond donors (Lipinski definition) is 1. The zero-order valence-electron chi connectivity index (χ0n) is 7.15. The van der Waals surface area contributed by atoms with Crippen LogP contribution in [0.25, 0.3) is 0 Å². The van der Waals surface area contributed by atoms with Crippen LogP contribution in [0, 0.1) is 21.4 Å². The van der Waals surface area contributed by atoms with Crippen molar-refractivity contribution in [2.75, 3.05) is 5.73 Å². The van der Waals surface area contributed by atoms with E-state index in [1.165, 1.54) is 6.07 Å². The van der Waals surface area contributed by atoms with Crippen molar-refractivity contribution in [1.82, 2.24) is 4.98 Å². The van der Waals surface area contributed by atoms with Crippen molar-refractivity contribution in [3.63, 3.8) is 0 Å². The van der Waals surface area contributed by atoms with E-state index in [2.05, 4.69) is 4.98 Å². The molecule has 0 saturated heterocycles. The number of hydrogen-bond acceptors (Lipinski definition) is 5. The molecule has 0 aromatic carbocycles. The second-order valence-corrected chi connectivity index (χ2v) is 2.49. The first-order chi connectivity index (χ1) is 6.99. The maximum Gasteiger partial charge on any atom is 0.374 e. The van der Waals surface area contributed by atoms with Crippen molar-refractivity contribution in [2.45, 2.75) is 6.43 Å². The van der Waals surface area contributed by atoms with E-state index in [4.69, 9.17) is 11.0 Å². The second kappa shape index (κ2) is 3.83. The summed E-state index contributed by atoms with van der Waals surface area (Å²) < 4.78 is 24.9. The maximum absolute atomic E-state index is 12.4. The van der Waals surface area contributed by atoms with Gasteiger partial charge in [-0.1, -0.05) is 0 Å². The number of rotatable bonds is 2. The van der Waals surface area contributed by atoms with Crippen molar-refractivity contribution >= 4 is 11.5 Å². The molecule has 1 heterocycles. The van der Waals surface area contributed by atoms with Gasteiger partial charge in [-0.05, 0) is 9.91 Å². The van der Waals surface area contributed by atoms with Gasteiger partial charge in [0.15, 0.2) is 6.20 Å². The first kappa shape index (κ1) is 10.8. The SMILES string of the molecule is N#Cc1cnc([N+](=O)[O-])c(C(F)F)c1N. The number of nitro groups is 1. The van der Waals surface area contributed by atoms with Gasteiger partial charge in [0, 0.05) is 0 Å². The molecule has 1 rings (SSSR count). The van der Waals surface area contributed by atoms with Crippen LogP contribution in [0.5, 0.6) is 0 Å². The van der Waals surface area contributed by atoms with E-state index in [9.17, 15) is 18.9 Å². The number of pyridine rings is 1. The molecule has 0 fully saturated rings. The lowest BCUT2D eigenvalue weighted by Gasteiger charge is -2.04. The molecule has 0 unspecified atom stereocenters. The normalized spacial score (nSPS) is 10.0. The second-order valence-electron chi connectivity index (χ2n) is 2.49. The van der Waals surface area contributed by atoms with Crippen molar-refractivity contribution < 1.29 is 13.7 Å². The molecule has 0 saturated carbocycles. The Labute approximate surface area is 82.1 Å². The van der Waals surface area contributed by atoms with Crippen molar-refractivity contribution in [1.29, 1.82) is 5.26 Å². The summed E-state index contributed by atoms with van der Waals surface area (Å²) in [7, 11) is 0. The van der Waals surface area contributed by atoms with Crippen molar-refractivity contribution in [2.24, 2.45) is 0 Å². The van der Waals surface area contributed by atoms with E-state index in [0.717, 1.165) is 6.20 Å². The molecule has 0 atom stereocenters. The van der Waals surface area contributed by atoms with Crippen LogP contribution in [0.2, 0.25) is 0 Å². The van der Waals surface area contributed by atoms with E-state index in [1.807, 2.05) is 0 Å².